The third-order valence-corrected chi connectivity index (χ3v) is 8.35. The molecule has 0 aliphatic carbocycles. The molecule has 1 aromatic carbocycles. The second kappa shape index (κ2) is 11.3. The minimum atomic E-state index is -0.398. The van der Waals surface area contributed by atoms with Gasteiger partial charge in [0.2, 0.25) is 5.91 Å². The summed E-state index contributed by atoms with van der Waals surface area (Å²) in [5.74, 6) is 3.87. The van der Waals surface area contributed by atoms with Gasteiger partial charge in [0.1, 0.15) is 5.82 Å². The number of halogens is 1. The van der Waals surface area contributed by atoms with E-state index in [0.29, 0.717) is 47.3 Å². The zero-order valence-electron chi connectivity index (χ0n) is 23.4. The van der Waals surface area contributed by atoms with Crippen molar-refractivity contribution >= 4 is 40.2 Å². The molecule has 4 heterocycles. The van der Waals surface area contributed by atoms with E-state index in [1.165, 1.54) is 6.08 Å². The zero-order valence-corrected chi connectivity index (χ0v) is 24.1. The first-order valence-electron chi connectivity index (χ1n) is 14.0. The highest BCUT2D eigenvalue weighted by atomic mass is 35.5. The number of aryl methyl sites for hydroxylation is 2. The molecule has 5 rings (SSSR count). The molecule has 0 radical (unpaired) electrons. The number of terminal acetylenes is 1. The molecule has 0 N–H and O–H groups in total. The maximum Gasteiger partial charge on any atom is 0.355 e. The number of hydrogen-bond donors (Lipinski definition) is 0. The molecule has 1 unspecified atom stereocenters. The maximum atomic E-state index is 14.0. The van der Waals surface area contributed by atoms with Gasteiger partial charge in [-0.1, -0.05) is 56.1 Å². The number of rotatable bonds is 6. The number of hydrogen-bond acceptors (Lipinski definition) is 6. The Labute approximate surface area is 240 Å². The molecule has 9 heteroatoms. The van der Waals surface area contributed by atoms with Crippen molar-refractivity contribution in [3.8, 4) is 18.0 Å². The van der Waals surface area contributed by atoms with Crippen molar-refractivity contribution in [3.63, 3.8) is 0 Å². The SMILES string of the molecule is C#CC1CCCN1c1nc2c(cc1Cl)c(N1CCN(C(=O)C=C)C[C@@H]1C)nc(=O)n2-c1c(CC)cccc1CC. The second-order valence-electron chi connectivity index (χ2n) is 10.4. The summed E-state index contributed by atoms with van der Waals surface area (Å²) in [6.07, 6.45) is 10.5. The van der Waals surface area contributed by atoms with Gasteiger partial charge in [-0.2, -0.15) is 4.98 Å². The van der Waals surface area contributed by atoms with Gasteiger partial charge in [-0.05, 0) is 55.9 Å². The maximum absolute atomic E-state index is 14.0. The molecule has 3 aromatic rings. The fourth-order valence-corrected chi connectivity index (χ4v) is 6.28. The van der Waals surface area contributed by atoms with Crippen LogP contribution >= 0.6 is 11.6 Å². The molecule has 208 valence electrons. The second-order valence-corrected chi connectivity index (χ2v) is 10.8. The minimum absolute atomic E-state index is 0.0828. The number of nitrogens with zero attached hydrogens (tertiary/aromatic N) is 6. The van der Waals surface area contributed by atoms with Gasteiger partial charge in [0.25, 0.3) is 0 Å². The van der Waals surface area contributed by atoms with Crippen LogP contribution in [-0.2, 0) is 17.6 Å². The average molecular weight is 559 g/mol. The highest BCUT2D eigenvalue weighted by Gasteiger charge is 2.32. The number of amides is 1. The molecule has 2 aromatic heterocycles. The number of carbonyl (C=O) groups excluding carboxylic acids is 1. The molecule has 2 atom stereocenters. The third kappa shape index (κ3) is 4.73. The van der Waals surface area contributed by atoms with Crippen LogP contribution in [0.4, 0.5) is 11.6 Å². The van der Waals surface area contributed by atoms with Crippen molar-refractivity contribution in [1.29, 1.82) is 0 Å². The van der Waals surface area contributed by atoms with Crippen LogP contribution < -0.4 is 15.5 Å². The lowest BCUT2D eigenvalue weighted by Crippen LogP contribution is -2.54. The van der Waals surface area contributed by atoms with Gasteiger partial charge >= 0.3 is 5.69 Å². The van der Waals surface area contributed by atoms with E-state index in [0.717, 1.165) is 49.0 Å². The standard InChI is InChI=1S/C31H35ClN6O2/c1-6-21-12-10-13-22(7-2)27(21)38-29-24(18-25(32)30(33-29)37-15-11-14-23(37)8-3)28(34-31(38)40)36-17-16-35(19-20(36)5)26(39)9-4/h3,9-10,12-13,18,20,23H,4,6-7,11,14-17,19H2,1-2,5H3/t20-,23?/m0/s1. The van der Waals surface area contributed by atoms with Crippen LogP contribution in [0.2, 0.25) is 5.02 Å². The Morgan fingerprint density at radius 1 is 1.15 bits per heavy atom. The topological polar surface area (TPSA) is 74.6 Å². The Kier molecular flexibility index (Phi) is 7.86. The van der Waals surface area contributed by atoms with Crippen LogP contribution in [-0.4, -0.2) is 63.6 Å². The first-order chi connectivity index (χ1) is 19.3. The third-order valence-electron chi connectivity index (χ3n) is 8.07. The van der Waals surface area contributed by atoms with Crippen molar-refractivity contribution in [2.75, 3.05) is 36.0 Å². The predicted molar refractivity (Wildman–Crippen MR) is 162 cm³/mol. The number of piperazine rings is 1. The van der Waals surface area contributed by atoms with Gasteiger partial charge in [-0.15, -0.1) is 6.42 Å². The van der Waals surface area contributed by atoms with E-state index < -0.39 is 5.69 Å². The highest BCUT2D eigenvalue weighted by molar-refractivity contribution is 6.33. The number of fused-ring (bicyclic) bond motifs is 1. The van der Waals surface area contributed by atoms with E-state index in [1.54, 1.807) is 9.47 Å². The normalized spacial score (nSPS) is 19.2. The number of aromatic nitrogens is 3. The van der Waals surface area contributed by atoms with Gasteiger partial charge in [0.15, 0.2) is 11.5 Å². The van der Waals surface area contributed by atoms with E-state index in [2.05, 4.69) is 41.1 Å². The number of anilines is 2. The number of benzene rings is 1. The summed E-state index contributed by atoms with van der Waals surface area (Å²) in [5.41, 5.74) is 3.02. The van der Waals surface area contributed by atoms with Crippen LogP contribution in [0.3, 0.4) is 0 Å². The number of pyridine rings is 1. The molecular formula is C31H35ClN6O2. The average Bonchev–Trinajstić information content (AvgIpc) is 3.44. The Morgan fingerprint density at radius 3 is 2.50 bits per heavy atom. The van der Waals surface area contributed by atoms with Gasteiger partial charge in [-0.25, -0.2) is 14.3 Å². The van der Waals surface area contributed by atoms with E-state index in [4.69, 9.17) is 23.0 Å². The van der Waals surface area contributed by atoms with Crippen LogP contribution in [0.1, 0.15) is 44.7 Å². The molecule has 40 heavy (non-hydrogen) atoms. The predicted octanol–water partition coefficient (Wildman–Crippen LogP) is 4.38. The molecule has 2 fully saturated rings. The largest absolute Gasteiger partial charge is 0.355 e. The molecule has 1 amide bonds. The molecular weight excluding hydrogens is 524 g/mol. The Morgan fingerprint density at radius 2 is 1.88 bits per heavy atom. The monoisotopic (exact) mass is 558 g/mol. The van der Waals surface area contributed by atoms with E-state index in [1.807, 2.05) is 31.2 Å². The van der Waals surface area contributed by atoms with Gasteiger partial charge < -0.3 is 14.7 Å². The Bertz CT molecular complexity index is 1550. The van der Waals surface area contributed by atoms with Crippen molar-refractivity contribution in [2.45, 2.75) is 58.5 Å². The summed E-state index contributed by atoms with van der Waals surface area (Å²) in [6, 6.07) is 7.81. The van der Waals surface area contributed by atoms with E-state index in [9.17, 15) is 9.59 Å². The fourth-order valence-electron chi connectivity index (χ4n) is 6.02. The van der Waals surface area contributed by atoms with Crippen LogP contribution in [0.25, 0.3) is 16.7 Å². The minimum Gasteiger partial charge on any atom is -0.350 e. The Hall–Kier alpha value is -3.83. The summed E-state index contributed by atoms with van der Waals surface area (Å²) in [4.78, 5) is 42.0. The number of carbonyl (C=O) groups is 1. The van der Waals surface area contributed by atoms with Crippen molar-refractivity contribution < 1.29 is 4.79 Å². The van der Waals surface area contributed by atoms with Gasteiger partial charge in [0, 0.05) is 32.2 Å². The first kappa shape index (κ1) is 27.7. The zero-order chi connectivity index (χ0) is 28.6. The quantitative estimate of drug-likeness (QED) is 0.330. The van der Waals surface area contributed by atoms with Crippen molar-refractivity contribution in [3.05, 3.63) is 63.6 Å². The first-order valence-corrected chi connectivity index (χ1v) is 14.4. The van der Waals surface area contributed by atoms with Crippen LogP contribution in [0.15, 0.2) is 41.7 Å². The lowest BCUT2D eigenvalue weighted by atomic mass is 10.0. The van der Waals surface area contributed by atoms with E-state index >= 15 is 0 Å². The van der Waals surface area contributed by atoms with Crippen molar-refractivity contribution in [2.24, 2.45) is 0 Å². The summed E-state index contributed by atoms with van der Waals surface area (Å²) in [5, 5.41) is 1.16. The molecule has 8 nitrogen and oxygen atoms in total. The molecule has 2 aliphatic rings. The van der Waals surface area contributed by atoms with Crippen LogP contribution in [0.5, 0.6) is 0 Å². The summed E-state index contributed by atoms with van der Waals surface area (Å²) < 4.78 is 1.65. The molecule has 0 bridgehead atoms. The summed E-state index contributed by atoms with van der Waals surface area (Å²) in [6.45, 7) is 12.1. The van der Waals surface area contributed by atoms with Crippen LogP contribution in [0, 0.1) is 12.3 Å². The molecule has 0 spiro atoms. The Balaban J connectivity index is 1.77. The van der Waals surface area contributed by atoms with E-state index in [-0.39, 0.29) is 18.0 Å². The van der Waals surface area contributed by atoms with Crippen molar-refractivity contribution in [1.82, 2.24) is 19.4 Å². The lowest BCUT2D eigenvalue weighted by Gasteiger charge is -2.40. The summed E-state index contributed by atoms with van der Waals surface area (Å²) in [7, 11) is 0. The summed E-state index contributed by atoms with van der Waals surface area (Å²) >= 11 is 6.92. The number of para-hydroxylation sites is 1. The lowest BCUT2D eigenvalue weighted by molar-refractivity contribution is -0.126. The smallest absolute Gasteiger partial charge is 0.350 e. The molecule has 0 saturated carbocycles. The molecule has 2 saturated heterocycles. The van der Waals surface area contributed by atoms with Gasteiger partial charge in [-0.3, -0.25) is 4.79 Å². The fraction of sp³-hybridized carbons (Fsp3) is 0.419. The molecule has 2 aliphatic heterocycles. The van der Waals surface area contributed by atoms with Gasteiger partial charge in [0.05, 0.1) is 22.1 Å². The highest BCUT2D eigenvalue weighted by Crippen LogP contribution is 2.36.